The number of thioether (sulfide) groups is 1. The minimum Gasteiger partial charge on any atom is -0.493 e. The molecular formula is C36H35N3O7S. The van der Waals surface area contributed by atoms with E-state index >= 15 is 0 Å². The Morgan fingerprint density at radius 2 is 1.51 bits per heavy atom. The quantitative estimate of drug-likeness (QED) is 0.0857. The summed E-state index contributed by atoms with van der Waals surface area (Å²) in [5, 5.41) is 7.91. The molecule has 0 radical (unpaired) electrons. The van der Waals surface area contributed by atoms with Gasteiger partial charge < -0.3 is 30.2 Å². The van der Waals surface area contributed by atoms with Crippen molar-refractivity contribution < 1.29 is 33.4 Å². The maximum atomic E-state index is 13.6. The molecule has 0 saturated heterocycles. The van der Waals surface area contributed by atoms with E-state index in [0.717, 1.165) is 4.90 Å². The van der Waals surface area contributed by atoms with Gasteiger partial charge in [0, 0.05) is 16.1 Å². The van der Waals surface area contributed by atoms with Crippen molar-refractivity contribution in [2.75, 3.05) is 32.0 Å². The average Bonchev–Trinajstić information content (AvgIpc) is 3.10. The van der Waals surface area contributed by atoms with Crippen LogP contribution in [0.1, 0.15) is 39.6 Å². The molecule has 0 aliphatic heterocycles. The topological polar surface area (TPSA) is 132 Å². The minimum atomic E-state index is -0.560. The van der Waals surface area contributed by atoms with Crippen molar-refractivity contribution >= 4 is 52.9 Å². The van der Waals surface area contributed by atoms with Gasteiger partial charge in [0.2, 0.25) is 5.91 Å². The van der Waals surface area contributed by atoms with Crippen LogP contribution >= 0.6 is 11.8 Å². The zero-order valence-corrected chi connectivity index (χ0v) is 27.2. The first kappa shape index (κ1) is 34.3. The summed E-state index contributed by atoms with van der Waals surface area (Å²) >= 11 is 1.31. The number of nitrogens with one attached hydrogen (secondary N) is 3. The highest BCUT2D eigenvalue weighted by atomic mass is 32.2. The molecule has 4 aromatic rings. The molecule has 242 valence electrons. The van der Waals surface area contributed by atoms with Crippen LogP contribution in [0.4, 0.5) is 11.4 Å². The van der Waals surface area contributed by atoms with Crippen LogP contribution < -0.4 is 25.4 Å². The highest BCUT2D eigenvalue weighted by Crippen LogP contribution is 2.30. The summed E-state index contributed by atoms with van der Waals surface area (Å²) in [5.41, 5.74) is 2.05. The molecule has 0 fully saturated rings. The van der Waals surface area contributed by atoms with Crippen LogP contribution in [-0.2, 0) is 14.3 Å². The first-order chi connectivity index (χ1) is 22.8. The zero-order valence-electron chi connectivity index (χ0n) is 26.4. The van der Waals surface area contributed by atoms with Gasteiger partial charge in [0.25, 0.3) is 11.8 Å². The second-order valence-electron chi connectivity index (χ2n) is 10.0. The average molecular weight is 654 g/mol. The van der Waals surface area contributed by atoms with Gasteiger partial charge in [-0.3, -0.25) is 14.4 Å². The minimum absolute atomic E-state index is 0.000729. The van der Waals surface area contributed by atoms with E-state index in [-0.39, 0.29) is 17.2 Å². The summed E-state index contributed by atoms with van der Waals surface area (Å²) in [7, 11) is 4.32. The summed E-state index contributed by atoms with van der Waals surface area (Å²) in [5.74, 6) is -0.872. The first-order valence-corrected chi connectivity index (χ1v) is 15.5. The molecule has 4 aromatic carbocycles. The largest absolute Gasteiger partial charge is 0.493 e. The van der Waals surface area contributed by atoms with E-state index in [1.54, 1.807) is 97.1 Å². The smallest absolute Gasteiger partial charge is 0.339 e. The van der Waals surface area contributed by atoms with Crippen molar-refractivity contribution in [1.82, 2.24) is 5.32 Å². The number of carbonyl (C=O) groups excluding carboxylic acids is 4. The molecule has 3 N–H and O–H groups in total. The van der Waals surface area contributed by atoms with Gasteiger partial charge in [-0.1, -0.05) is 49.4 Å². The lowest BCUT2D eigenvalue weighted by Crippen LogP contribution is -2.30. The molecule has 10 nitrogen and oxygen atoms in total. The van der Waals surface area contributed by atoms with E-state index in [2.05, 4.69) is 16.0 Å². The molecule has 3 amide bonds. The summed E-state index contributed by atoms with van der Waals surface area (Å²) < 4.78 is 15.5. The highest BCUT2D eigenvalue weighted by Gasteiger charge is 2.22. The molecule has 0 heterocycles. The normalized spacial score (nSPS) is 11.5. The maximum absolute atomic E-state index is 13.6. The molecule has 0 aliphatic carbocycles. The number of methoxy groups -OCH3 is 3. The predicted molar refractivity (Wildman–Crippen MR) is 183 cm³/mol. The Hall–Kier alpha value is -5.55. The lowest BCUT2D eigenvalue weighted by molar-refractivity contribution is -0.116. The Morgan fingerprint density at radius 3 is 2.21 bits per heavy atom. The Bertz CT molecular complexity index is 1780. The second-order valence-corrected chi connectivity index (χ2v) is 11.3. The van der Waals surface area contributed by atoms with E-state index < -0.39 is 23.0 Å². The SMILES string of the molecule is CCC(Sc1cccc(NC(=O)/C(=C\c2ccc(OC)c(OC)c2)NC(=O)c2ccccc2)c1)C(=O)Nc1ccccc1C(=O)OC. The molecule has 0 bridgehead atoms. The fraction of sp³-hybridized carbons (Fsp3) is 0.167. The molecule has 0 saturated carbocycles. The Labute approximate surface area is 277 Å². The Morgan fingerprint density at radius 1 is 0.787 bits per heavy atom. The maximum Gasteiger partial charge on any atom is 0.339 e. The van der Waals surface area contributed by atoms with Gasteiger partial charge in [-0.15, -0.1) is 11.8 Å². The van der Waals surface area contributed by atoms with Crippen molar-refractivity contribution in [1.29, 1.82) is 0 Å². The van der Waals surface area contributed by atoms with Gasteiger partial charge in [0.05, 0.1) is 37.8 Å². The number of amides is 3. The number of carbonyl (C=O) groups is 4. The summed E-state index contributed by atoms with van der Waals surface area (Å²) in [4.78, 5) is 52.8. The van der Waals surface area contributed by atoms with Crippen molar-refractivity contribution in [2.45, 2.75) is 23.5 Å². The fourth-order valence-electron chi connectivity index (χ4n) is 4.48. The number of anilines is 2. The first-order valence-electron chi connectivity index (χ1n) is 14.6. The summed E-state index contributed by atoms with van der Waals surface area (Å²) in [6.45, 7) is 1.88. The molecule has 4 rings (SSSR count). The van der Waals surface area contributed by atoms with Crippen molar-refractivity contribution in [3.63, 3.8) is 0 Å². The number of esters is 1. The van der Waals surface area contributed by atoms with E-state index in [9.17, 15) is 19.2 Å². The standard InChI is InChI=1S/C36H35N3O7S/c1-5-32(35(42)38-28-17-10-9-16-27(28)36(43)46-4)47-26-15-11-14-25(22-26)37-34(41)29(39-33(40)24-12-7-6-8-13-24)20-23-18-19-30(44-2)31(21-23)45-3/h6-22,32H,5H2,1-4H3,(H,37,41)(H,38,42)(H,39,40)/b29-20+. The third kappa shape index (κ3) is 9.24. The molecule has 11 heteroatoms. The molecule has 0 aliphatic rings. The lowest BCUT2D eigenvalue weighted by atomic mass is 10.1. The van der Waals surface area contributed by atoms with Crippen molar-refractivity contribution in [2.24, 2.45) is 0 Å². The number of hydrogen-bond acceptors (Lipinski definition) is 8. The summed E-state index contributed by atoms with van der Waals surface area (Å²) in [6, 6.07) is 27.4. The number of ether oxygens (including phenoxy) is 3. The molecular weight excluding hydrogens is 618 g/mol. The van der Waals surface area contributed by atoms with E-state index in [0.29, 0.717) is 40.4 Å². The van der Waals surface area contributed by atoms with Gasteiger partial charge in [0.15, 0.2) is 11.5 Å². The van der Waals surface area contributed by atoms with E-state index in [1.165, 1.54) is 33.1 Å². The van der Waals surface area contributed by atoms with Crippen molar-refractivity contribution in [3.8, 4) is 11.5 Å². The van der Waals surface area contributed by atoms with Gasteiger partial charge in [-0.2, -0.15) is 0 Å². The van der Waals surface area contributed by atoms with Crippen LogP contribution in [-0.4, -0.2) is 50.3 Å². The van der Waals surface area contributed by atoms with Crippen LogP contribution in [0.5, 0.6) is 11.5 Å². The monoisotopic (exact) mass is 653 g/mol. The van der Waals surface area contributed by atoms with Crippen LogP contribution in [0.15, 0.2) is 108 Å². The molecule has 1 atom stereocenters. The zero-order chi connectivity index (χ0) is 33.8. The van der Waals surface area contributed by atoms with Crippen LogP contribution in [0.2, 0.25) is 0 Å². The van der Waals surface area contributed by atoms with Gasteiger partial charge >= 0.3 is 5.97 Å². The van der Waals surface area contributed by atoms with Gasteiger partial charge in [-0.25, -0.2) is 4.79 Å². The third-order valence-electron chi connectivity index (χ3n) is 6.87. The number of benzene rings is 4. The third-order valence-corrected chi connectivity index (χ3v) is 8.23. The van der Waals surface area contributed by atoms with E-state index in [4.69, 9.17) is 14.2 Å². The van der Waals surface area contributed by atoms with Crippen LogP contribution in [0.3, 0.4) is 0 Å². The Kier molecular flexibility index (Phi) is 12.2. The molecule has 47 heavy (non-hydrogen) atoms. The number of hydrogen-bond donors (Lipinski definition) is 3. The van der Waals surface area contributed by atoms with Gasteiger partial charge in [0.1, 0.15) is 5.70 Å². The molecule has 0 spiro atoms. The Balaban J connectivity index is 1.54. The lowest BCUT2D eigenvalue weighted by Gasteiger charge is -2.17. The fourth-order valence-corrected chi connectivity index (χ4v) is 5.49. The number of rotatable bonds is 13. The van der Waals surface area contributed by atoms with Crippen LogP contribution in [0, 0.1) is 0 Å². The second kappa shape index (κ2) is 16.7. The van der Waals surface area contributed by atoms with Gasteiger partial charge in [-0.05, 0) is 72.7 Å². The highest BCUT2D eigenvalue weighted by molar-refractivity contribution is 8.00. The van der Waals surface area contributed by atoms with Crippen LogP contribution in [0.25, 0.3) is 6.08 Å². The predicted octanol–water partition coefficient (Wildman–Crippen LogP) is 6.41. The molecule has 0 aromatic heterocycles. The van der Waals surface area contributed by atoms with E-state index in [1.807, 2.05) is 13.0 Å². The van der Waals surface area contributed by atoms with Crippen molar-refractivity contribution in [3.05, 3.63) is 119 Å². The summed E-state index contributed by atoms with van der Waals surface area (Å²) in [6.07, 6.45) is 2.04. The number of para-hydroxylation sites is 1. The molecule has 1 unspecified atom stereocenters.